The smallest absolute Gasteiger partial charge is 0.276 e. The van der Waals surface area contributed by atoms with Crippen molar-refractivity contribution in [2.24, 2.45) is 12.1 Å². The lowest BCUT2D eigenvalue weighted by molar-refractivity contribution is 0.242. The minimum Gasteiger partial charge on any atom is -0.491 e. The summed E-state index contributed by atoms with van der Waals surface area (Å²) in [4.78, 5) is 2.41. The van der Waals surface area contributed by atoms with Crippen LogP contribution in [0.3, 0.4) is 0 Å². The number of aromatic nitrogens is 1. The molecule has 0 aliphatic heterocycles. The second-order valence-corrected chi connectivity index (χ2v) is 8.23. The van der Waals surface area contributed by atoms with E-state index in [1.807, 2.05) is 52.1 Å². The molecule has 0 radical (unpaired) electrons. The van der Waals surface area contributed by atoms with Crippen molar-refractivity contribution < 1.29 is 13.2 Å². The van der Waals surface area contributed by atoms with Gasteiger partial charge in [-0.05, 0) is 51.1 Å². The number of sulfonamides is 1. The number of para-hydroxylation sites is 1. The first-order chi connectivity index (χ1) is 12.8. The van der Waals surface area contributed by atoms with Crippen molar-refractivity contribution in [1.29, 1.82) is 0 Å². The summed E-state index contributed by atoms with van der Waals surface area (Å²) in [5.74, 6) is 0.624. The predicted molar refractivity (Wildman–Crippen MR) is 108 cm³/mol. The average Bonchev–Trinajstić information content (AvgIpc) is 2.87. The summed E-state index contributed by atoms with van der Waals surface area (Å²) in [6, 6.07) is 14.2. The third-order valence-corrected chi connectivity index (χ3v) is 5.56. The Labute approximate surface area is 159 Å². The first-order valence-electron chi connectivity index (χ1n) is 8.65. The topological polar surface area (TPSA) is 72.7 Å². The quantitative estimate of drug-likeness (QED) is 0.521. The number of aryl methyl sites for hydroxylation is 1. The third kappa shape index (κ3) is 3.98. The second kappa shape index (κ2) is 7.44. The van der Waals surface area contributed by atoms with E-state index in [2.05, 4.69) is 14.5 Å². The number of rotatable bonds is 6. The van der Waals surface area contributed by atoms with Crippen molar-refractivity contribution in [3.05, 3.63) is 59.8 Å². The normalized spacial score (nSPS) is 12.2. The molecule has 7 heteroatoms. The molecule has 0 amide bonds. The maximum absolute atomic E-state index is 12.4. The number of ether oxygens (including phenoxy) is 1. The van der Waals surface area contributed by atoms with Gasteiger partial charge in [-0.25, -0.2) is 4.83 Å². The largest absolute Gasteiger partial charge is 0.491 e. The Morgan fingerprint density at radius 2 is 1.78 bits per heavy atom. The zero-order valence-electron chi connectivity index (χ0n) is 15.8. The van der Waals surface area contributed by atoms with Gasteiger partial charge in [-0.2, -0.15) is 13.5 Å². The number of nitrogens with one attached hydrogen (secondary N) is 1. The van der Waals surface area contributed by atoms with E-state index in [1.54, 1.807) is 18.3 Å². The van der Waals surface area contributed by atoms with Gasteiger partial charge in [0.05, 0.1) is 17.2 Å². The molecule has 0 bridgehead atoms. The van der Waals surface area contributed by atoms with E-state index in [9.17, 15) is 8.42 Å². The van der Waals surface area contributed by atoms with Crippen molar-refractivity contribution in [2.45, 2.75) is 31.8 Å². The molecule has 0 fully saturated rings. The summed E-state index contributed by atoms with van der Waals surface area (Å²) < 4.78 is 32.5. The number of benzene rings is 2. The molecule has 1 aromatic heterocycles. The van der Waals surface area contributed by atoms with Gasteiger partial charge < -0.3 is 9.30 Å². The third-order valence-electron chi connectivity index (χ3n) is 4.32. The van der Waals surface area contributed by atoms with Crippen molar-refractivity contribution >= 4 is 27.1 Å². The molecule has 142 valence electrons. The summed E-state index contributed by atoms with van der Waals surface area (Å²) in [5.41, 5.74) is 2.96. The molecule has 0 atom stereocenters. The van der Waals surface area contributed by atoms with Gasteiger partial charge in [0.25, 0.3) is 10.0 Å². The van der Waals surface area contributed by atoms with Crippen LogP contribution in [0.4, 0.5) is 0 Å². The Kier molecular flexibility index (Phi) is 5.23. The lowest BCUT2D eigenvalue weighted by Gasteiger charge is -2.10. The molecule has 0 aliphatic carbocycles. The van der Waals surface area contributed by atoms with E-state index in [4.69, 9.17) is 4.74 Å². The van der Waals surface area contributed by atoms with Crippen LogP contribution in [0.5, 0.6) is 5.75 Å². The Hall–Kier alpha value is -2.80. The van der Waals surface area contributed by atoms with Crippen molar-refractivity contribution in [3.63, 3.8) is 0 Å². The minimum atomic E-state index is -3.75. The van der Waals surface area contributed by atoms with E-state index in [0.29, 0.717) is 5.75 Å². The van der Waals surface area contributed by atoms with Crippen molar-refractivity contribution in [3.8, 4) is 5.75 Å². The SMILES string of the molecule is Cc1c(/C=N/NS(=O)(=O)c2ccc(OC(C)C)cc2)c2ccccc2n1C. The molecule has 0 unspecified atom stereocenters. The highest BCUT2D eigenvalue weighted by atomic mass is 32.2. The van der Waals surface area contributed by atoms with E-state index < -0.39 is 10.0 Å². The van der Waals surface area contributed by atoms with Crippen LogP contribution >= 0.6 is 0 Å². The molecule has 3 aromatic rings. The van der Waals surface area contributed by atoms with Crippen LogP contribution in [0.15, 0.2) is 58.5 Å². The highest BCUT2D eigenvalue weighted by Crippen LogP contribution is 2.23. The number of hydrogen-bond acceptors (Lipinski definition) is 4. The van der Waals surface area contributed by atoms with E-state index in [-0.39, 0.29) is 11.0 Å². The molecule has 0 spiro atoms. The van der Waals surface area contributed by atoms with Crippen LogP contribution in [0.25, 0.3) is 10.9 Å². The Bertz CT molecular complexity index is 1080. The zero-order valence-corrected chi connectivity index (χ0v) is 16.6. The molecule has 1 heterocycles. The number of fused-ring (bicyclic) bond motifs is 1. The van der Waals surface area contributed by atoms with Gasteiger partial charge >= 0.3 is 0 Å². The summed E-state index contributed by atoms with van der Waals surface area (Å²) in [5, 5.41) is 5.00. The Morgan fingerprint density at radius 1 is 1.11 bits per heavy atom. The number of hydrazone groups is 1. The summed E-state index contributed by atoms with van der Waals surface area (Å²) >= 11 is 0. The second-order valence-electron chi connectivity index (χ2n) is 6.57. The maximum atomic E-state index is 12.4. The fourth-order valence-electron chi connectivity index (χ4n) is 2.90. The average molecular weight is 385 g/mol. The van der Waals surface area contributed by atoms with Crippen LogP contribution in [0.1, 0.15) is 25.1 Å². The molecule has 3 rings (SSSR count). The van der Waals surface area contributed by atoms with Crippen LogP contribution in [-0.4, -0.2) is 25.3 Å². The fourth-order valence-corrected chi connectivity index (χ4v) is 3.69. The summed E-state index contributed by atoms with van der Waals surface area (Å²) in [7, 11) is -1.77. The number of hydrogen-bond donors (Lipinski definition) is 1. The van der Waals surface area contributed by atoms with E-state index >= 15 is 0 Å². The molecular weight excluding hydrogens is 362 g/mol. The lowest BCUT2D eigenvalue weighted by Crippen LogP contribution is -2.18. The lowest BCUT2D eigenvalue weighted by atomic mass is 10.1. The fraction of sp³-hybridized carbons (Fsp3) is 0.250. The van der Waals surface area contributed by atoms with Crippen LogP contribution < -0.4 is 9.57 Å². The predicted octanol–water partition coefficient (Wildman–Crippen LogP) is 3.59. The summed E-state index contributed by atoms with van der Waals surface area (Å²) in [6.45, 7) is 5.80. The van der Waals surface area contributed by atoms with Crippen LogP contribution in [-0.2, 0) is 17.1 Å². The van der Waals surface area contributed by atoms with Crippen molar-refractivity contribution in [1.82, 2.24) is 9.40 Å². The van der Waals surface area contributed by atoms with Gasteiger partial charge in [-0.1, -0.05) is 18.2 Å². The minimum absolute atomic E-state index is 0.0270. The zero-order chi connectivity index (χ0) is 19.6. The molecule has 2 aromatic carbocycles. The van der Waals surface area contributed by atoms with Gasteiger partial charge in [0.1, 0.15) is 5.75 Å². The van der Waals surface area contributed by atoms with Gasteiger partial charge in [0.2, 0.25) is 0 Å². The van der Waals surface area contributed by atoms with Crippen LogP contribution in [0, 0.1) is 6.92 Å². The molecule has 6 nitrogen and oxygen atoms in total. The van der Waals surface area contributed by atoms with Crippen molar-refractivity contribution in [2.75, 3.05) is 0 Å². The van der Waals surface area contributed by atoms with E-state index in [1.165, 1.54) is 12.1 Å². The van der Waals surface area contributed by atoms with Gasteiger partial charge in [-0.15, -0.1) is 0 Å². The highest BCUT2D eigenvalue weighted by Gasteiger charge is 2.14. The molecule has 27 heavy (non-hydrogen) atoms. The van der Waals surface area contributed by atoms with Gasteiger partial charge in [0, 0.05) is 29.2 Å². The highest BCUT2D eigenvalue weighted by molar-refractivity contribution is 7.89. The standard InChI is InChI=1S/C20H23N3O3S/c1-14(2)26-16-9-11-17(12-10-16)27(24,25)22-21-13-19-15(3)23(4)20-8-6-5-7-18(19)20/h5-14,22H,1-4H3/b21-13+. The van der Waals surface area contributed by atoms with Gasteiger partial charge in [0.15, 0.2) is 0 Å². The molecule has 0 saturated carbocycles. The maximum Gasteiger partial charge on any atom is 0.276 e. The number of nitrogens with zero attached hydrogens (tertiary/aromatic N) is 2. The molecule has 1 N–H and O–H groups in total. The Morgan fingerprint density at radius 3 is 2.44 bits per heavy atom. The van der Waals surface area contributed by atoms with E-state index in [0.717, 1.165) is 22.2 Å². The summed E-state index contributed by atoms with van der Waals surface area (Å²) in [6.07, 6.45) is 1.57. The molecule has 0 saturated heterocycles. The van der Waals surface area contributed by atoms with Gasteiger partial charge in [-0.3, -0.25) is 0 Å². The molecular formula is C20H23N3O3S. The first-order valence-corrected chi connectivity index (χ1v) is 10.1. The molecule has 0 aliphatic rings. The van der Waals surface area contributed by atoms with Crippen LogP contribution in [0.2, 0.25) is 0 Å². The Balaban J connectivity index is 1.81. The monoisotopic (exact) mass is 385 g/mol. The first kappa shape index (κ1) is 19.0.